The quantitative estimate of drug-likeness (QED) is 0.186. The Hall–Kier alpha value is -3.33. The van der Waals surface area contributed by atoms with E-state index in [0.29, 0.717) is 34.5 Å². The van der Waals surface area contributed by atoms with Crippen molar-refractivity contribution in [1.29, 1.82) is 0 Å². The number of carbonyl (C=O) groups excluding carboxylic acids is 1. The number of amides is 1. The molecule has 186 valence electrons. The molecule has 0 saturated carbocycles. The van der Waals surface area contributed by atoms with Crippen LogP contribution in [0.3, 0.4) is 0 Å². The number of hydrogen-bond donors (Lipinski definition) is 3. The Morgan fingerprint density at radius 1 is 1.15 bits per heavy atom. The largest absolute Gasteiger partial charge is 0.493 e. The van der Waals surface area contributed by atoms with Gasteiger partial charge < -0.3 is 30.2 Å². The fourth-order valence-corrected chi connectivity index (χ4v) is 3.24. The van der Waals surface area contributed by atoms with E-state index >= 15 is 0 Å². The van der Waals surface area contributed by atoms with Gasteiger partial charge in [-0.1, -0.05) is 33.4 Å². The normalized spacial score (nSPS) is 12.9. The molecular formula is C25H36N4O4S. The maximum atomic E-state index is 12.7. The molecule has 1 rings (SSSR count). The second-order valence-electron chi connectivity index (χ2n) is 8.42. The van der Waals surface area contributed by atoms with Crippen molar-refractivity contribution in [2.75, 3.05) is 21.3 Å². The summed E-state index contributed by atoms with van der Waals surface area (Å²) in [6, 6.07) is 3.52. The van der Waals surface area contributed by atoms with Crippen LogP contribution < -0.4 is 30.2 Å². The van der Waals surface area contributed by atoms with Crippen molar-refractivity contribution in [3.8, 4) is 17.2 Å². The van der Waals surface area contributed by atoms with Gasteiger partial charge in [-0.15, -0.1) is 0 Å². The Kier molecular flexibility index (Phi) is 11.9. The van der Waals surface area contributed by atoms with E-state index in [4.69, 9.17) is 26.4 Å². The molecule has 0 heterocycles. The van der Waals surface area contributed by atoms with Gasteiger partial charge in [0, 0.05) is 18.5 Å². The Labute approximate surface area is 208 Å². The first-order valence-corrected chi connectivity index (χ1v) is 11.1. The van der Waals surface area contributed by atoms with Crippen molar-refractivity contribution in [3.63, 3.8) is 0 Å². The predicted molar refractivity (Wildman–Crippen MR) is 142 cm³/mol. The lowest BCUT2D eigenvalue weighted by atomic mass is 9.90. The van der Waals surface area contributed by atoms with Crippen molar-refractivity contribution >= 4 is 35.5 Å². The van der Waals surface area contributed by atoms with Gasteiger partial charge in [-0.2, -0.15) is 0 Å². The highest BCUT2D eigenvalue weighted by atomic mass is 32.1. The number of benzene rings is 1. The second kappa shape index (κ2) is 14.0. The molecule has 0 bridgehead atoms. The molecule has 9 heteroatoms. The van der Waals surface area contributed by atoms with Crippen LogP contribution in [0.5, 0.6) is 17.2 Å². The minimum atomic E-state index is -0.397. The van der Waals surface area contributed by atoms with Crippen molar-refractivity contribution in [2.45, 2.75) is 40.3 Å². The van der Waals surface area contributed by atoms with E-state index in [1.807, 2.05) is 13.0 Å². The van der Waals surface area contributed by atoms with Gasteiger partial charge in [-0.25, -0.2) is 0 Å². The molecule has 1 aromatic carbocycles. The molecule has 34 heavy (non-hydrogen) atoms. The van der Waals surface area contributed by atoms with Crippen LogP contribution in [0.4, 0.5) is 0 Å². The summed E-state index contributed by atoms with van der Waals surface area (Å²) in [5, 5.41) is 9.56. The van der Waals surface area contributed by atoms with Gasteiger partial charge in [0.2, 0.25) is 11.7 Å². The number of aliphatic imine (C=N–C) groups is 1. The smallest absolute Gasteiger partial charge is 0.245 e. The van der Waals surface area contributed by atoms with Crippen molar-refractivity contribution in [3.05, 3.63) is 48.3 Å². The number of ether oxygens (including phenoxy) is 3. The van der Waals surface area contributed by atoms with Crippen LogP contribution in [0.15, 0.2) is 47.8 Å². The van der Waals surface area contributed by atoms with Gasteiger partial charge in [0.25, 0.3) is 0 Å². The molecule has 0 fully saturated rings. The lowest BCUT2D eigenvalue weighted by Gasteiger charge is -2.28. The molecule has 0 aromatic heterocycles. The molecule has 0 radical (unpaired) electrons. The summed E-state index contributed by atoms with van der Waals surface area (Å²) in [5.41, 5.74) is 1.37. The molecule has 0 spiro atoms. The van der Waals surface area contributed by atoms with Crippen LogP contribution in [0.1, 0.15) is 39.7 Å². The molecule has 0 aliphatic rings. The SMILES string of the molecule is C=C/N=C\C(=C/C)NC(=S)NC(CC(C)(C)C)NC(=O)/C=C/c1cc(OC)c(OC)c(OC)c1. The third-order valence-corrected chi connectivity index (χ3v) is 4.66. The first-order chi connectivity index (χ1) is 16.1. The maximum absolute atomic E-state index is 12.7. The van der Waals surface area contributed by atoms with Crippen molar-refractivity contribution < 1.29 is 19.0 Å². The third-order valence-electron chi connectivity index (χ3n) is 4.44. The average Bonchev–Trinajstić information content (AvgIpc) is 2.78. The predicted octanol–water partition coefficient (Wildman–Crippen LogP) is 4.19. The molecule has 0 aliphatic heterocycles. The van der Waals surface area contributed by atoms with Crippen molar-refractivity contribution in [1.82, 2.24) is 16.0 Å². The fourth-order valence-electron chi connectivity index (χ4n) is 2.98. The van der Waals surface area contributed by atoms with Crippen LogP contribution in [-0.2, 0) is 4.79 Å². The van der Waals surface area contributed by atoms with E-state index in [1.165, 1.54) is 19.4 Å². The fraction of sp³-hybridized carbons (Fsp3) is 0.400. The topological polar surface area (TPSA) is 93.2 Å². The number of methoxy groups -OCH3 is 3. The van der Waals surface area contributed by atoms with Gasteiger partial charge in [-0.05, 0) is 54.7 Å². The Morgan fingerprint density at radius 3 is 2.24 bits per heavy atom. The summed E-state index contributed by atoms with van der Waals surface area (Å²) < 4.78 is 16.1. The van der Waals surface area contributed by atoms with Gasteiger partial charge in [0.05, 0.1) is 27.0 Å². The Morgan fingerprint density at radius 2 is 1.76 bits per heavy atom. The van der Waals surface area contributed by atoms with E-state index in [2.05, 4.69) is 48.3 Å². The van der Waals surface area contributed by atoms with Gasteiger partial charge in [-0.3, -0.25) is 9.79 Å². The minimum Gasteiger partial charge on any atom is -0.493 e. The molecule has 8 nitrogen and oxygen atoms in total. The van der Waals surface area contributed by atoms with Crippen LogP contribution in [0.25, 0.3) is 6.08 Å². The standard InChI is InChI=1S/C25H36N4O4S/c1-9-18(16-26-10-2)27-24(34)29-21(15-25(3,4)5)28-22(30)12-11-17-13-19(31-6)23(33-8)20(14-17)32-7/h9-14,16,21H,2,15H2,1,3-8H3,(H,28,30)(H2,27,29,34)/b12-11+,18-9+,26-16-. The maximum Gasteiger partial charge on any atom is 0.245 e. The number of hydrogen-bond acceptors (Lipinski definition) is 6. The summed E-state index contributed by atoms with van der Waals surface area (Å²) >= 11 is 5.43. The lowest BCUT2D eigenvalue weighted by molar-refractivity contribution is -0.117. The van der Waals surface area contributed by atoms with E-state index in [0.717, 1.165) is 5.56 Å². The molecule has 1 aromatic rings. The second-order valence-corrected chi connectivity index (χ2v) is 8.83. The number of rotatable bonds is 11. The number of carbonyl (C=O) groups is 1. The monoisotopic (exact) mass is 488 g/mol. The van der Waals surface area contributed by atoms with Gasteiger partial charge >= 0.3 is 0 Å². The van der Waals surface area contributed by atoms with E-state index in [-0.39, 0.29) is 11.3 Å². The zero-order chi connectivity index (χ0) is 25.7. The van der Waals surface area contributed by atoms with E-state index in [9.17, 15) is 4.79 Å². The number of allylic oxidation sites excluding steroid dienone is 2. The molecule has 1 amide bonds. The van der Waals surface area contributed by atoms with Gasteiger partial charge in [0.15, 0.2) is 16.6 Å². The first kappa shape index (κ1) is 28.7. The van der Waals surface area contributed by atoms with Crippen LogP contribution >= 0.6 is 12.2 Å². The highest BCUT2D eigenvalue weighted by Crippen LogP contribution is 2.38. The molecule has 3 N–H and O–H groups in total. The zero-order valence-electron chi connectivity index (χ0n) is 21.0. The highest BCUT2D eigenvalue weighted by molar-refractivity contribution is 7.80. The summed E-state index contributed by atoms with van der Waals surface area (Å²) in [5.74, 6) is 1.22. The average molecular weight is 489 g/mol. The molecule has 1 atom stereocenters. The number of thiocarbonyl (C=S) groups is 1. The Balaban J connectivity index is 2.97. The molecule has 0 aliphatic carbocycles. The zero-order valence-corrected chi connectivity index (χ0v) is 21.8. The summed E-state index contributed by atoms with van der Waals surface area (Å²) in [6.07, 6.45) is 8.25. The van der Waals surface area contributed by atoms with Crippen molar-refractivity contribution in [2.24, 2.45) is 10.4 Å². The summed E-state index contributed by atoms with van der Waals surface area (Å²) in [6.45, 7) is 11.7. The minimum absolute atomic E-state index is 0.0608. The lowest BCUT2D eigenvalue weighted by Crippen LogP contribution is -2.52. The van der Waals surface area contributed by atoms with E-state index in [1.54, 1.807) is 38.6 Å². The van der Waals surface area contributed by atoms with Gasteiger partial charge in [0.1, 0.15) is 6.17 Å². The first-order valence-electron chi connectivity index (χ1n) is 10.7. The number of nitrogens with one attached hydrogen (secondary N) is 3. The van der Waals surface area contributed by atoms with E-state index < -0.39 is 6.17 Å². The summed E-state index contributed by atoms with van der Waals surface area (Å²) in [4.78, 5) is 16.7. The van der Waals surface area contributed by atoms with Crippen LogP contribution in [-0.4, -0.2) is 44.7 Å². The summed E-state index contributed by atoms with van der Waals surface area (Å²) in [7, 11) is 4.62. The molecular weight excluding hydrogens is 452 g/mol. The highest BCUT2D eigenvalue weighted by Gasteiger charge is 2.21. The van der Waals surface area contributed by atoms with Crippen LogP contribution in [0, 0.1) is 5.41 Å². The number of nitrogens with zero attached hydrogens (tertiary/aromatic N) is 1. The third kappa shape index (κ3) is 10.1. The Bertz CT molecular complexity index is 924. The molecule has 0 saturated heterocycles. The van der Waals surface area contributed by atoms with Crippen LogP contribution in [0.2, 0.25) is 0 Å². The molecule has 1 unspecified atom stereocenters.